The minimum Gasteiger partial charge on any atom is -0.253 e. The van der Waals surface area contributed by atoms with E-state index in [-0.39, 0.29) is 5.56 Å². The average Bonchev–Trinajstić information content (AvgIpc) is 2.13. The molecule has 0 saturated heterocycles. The van der Waals surface area contributed by atoms with Gasteiger partial charge in [-0.25, -0.2) is 0 Å². The van der Waals surface area contributed by atoms with E-state index in [0.717, 1.165) is 18.2 Å². The van der Waals surface area contributed by atoms with Gasteiger partial charge >= 0.3 is 15.5 Å². The third-order valence-electron chi connectivity index (χ3n) is 1.62. The van der Waals surface area contributed by atoms with Crippen LogP contribution in [0.2, 0.25) is 0 Å². The van der Waals surface area contributed by atoms with Crippen molar-refractivity contribution in [2.45, 2.75) is 12.8 Å². The summed E-state index contributed by atoms with van der Waals surface area (Å²) in [6.45, 7) is -0.532. The molecule has 1 aromatic carbocycles. The molecular formula is C8H6ClF3O3S. The average molecular weight is 275 g/mol. The van der Waals surface area contributed by atoms with Gasteiger partial charge in [0.05, 0.1) is 12.2 Å². The first-order valence-electron chi connectivity index (χ1n) is 3.93. The van der Waals surface area contributed by atoms with Crippen LogP contribution in [0.5, 0.6) is 0 Å². The largest absolute Gasteiger partial charge is 0.416 e. The van der Waals surface area contributed by atoms with Crippen molar-refractivity contribution in [1.29, 1.82) is 0 Å². The molecule has 3 nitrogen and oxygen atoms in total. The second kappa shape index (κ2) is 4.60. The van der Waals surface area contributed by atoms with E-state index in [9.17, 15) is 21.6 Å². The van der Waals surface area contributed by atoms with Crippen LogP contribution in [0.1, 0.15) is 11.1 Å². The minimum absolute atomic E-state index is 0.0686. The number of alkyl halides is 3. The zero-order valence-corrected chi connectivity index (χ0v) is 9.23. The topological polar surface area (TPSA) is 43.4 Å². The van der Waals surface area contributed by atoms with Crippen LogP contribution >= 0.6 is 10.7 Å². The van der Waals surface area contributed by atoms with Gasteiger partial charge in [-0.15, -0.1) is 0 Å². The first kappa shape index (κ1) is 13.3. The van der Waals surface area contributed by atoms with Gasteiger partial charge in [0.15, 0.2) is 0 Å². The van der Waals surface area contributed by atoms with E-state index in [4.69, 9.17) is 10.7 Å². The quantitative estimate of drug-likeness (QED) is 0.796. The van der Waals surface area contributed by atoms with Gasteiger partial charge in [-0.2, -0.15) is 21.6 Å². The van der Waals surface area contributed by atoms with Crippen LogP contribution in [0.4, 0.5) is 13.2 Å². The second-order valence-electron chi connectivity index (χ2n) is 2.85. The Morgan fingerprint density at radius 3 is 2.44 bits per heavy atom. The van der Waals surface area contributed by atoms with Crippen LogP contribution < -0.4 is 0 Å². The molecule has 0 heterocycles. The molecule has 0 N–H and O–H groups in total. The highest BCUT2D eigenvalue weighted by Crippen LogP contribution is 2.29. The highest BCUT2D eigenvalue weighted by atomic mass is 35.7. The van der Waals surface area contributed by atoms with E-state index in [1.807, 2.05) is 0 Å². The van der Waals surface area contributed by atoms with Crippen LogP contribution in [0.3, 0.4) is 0 Å². The summed E-state index contributed by atoms with van der Waals surface area (Å²) in [5.41, 5.74) is -0.806. The fraction of sp³-hybridized carbons (Fsp3) is 0.250. The van der Waals surface area contributed by atoms with Crippen molar-refractivity contribution in [3.05, 3.63) is 35.4 Å². The lowest BCUT2D eigenvalue weighted by molar-refractivity contribution is -0.137. The van der Waals surface area contributed by atoms with E-state index in [1.165, 1.54) is 6.07 Å². The Balaban J connectivity index is 2.84. The van der Waals surface area contributed by atoms with Gasteiger partial charge in [-0.05, 0) is 17.7 Å². The third-order valence-corrected chi connectivity index (χ3v) is 2.29. The molecule has 0 spiro atoms. The highest BCUT2D eigenvalue weighted by molar-refractivity contribution is 8.09. The number of benzene rings is 1. The fourth-order valence-electron chi connectivity index (χ4n) is 0.976. The smallest absolute Gasteiger partial charge is 0.253 e. The van der Waals surface area contributed by atoms with Gasteiger partial charge in [0, 0.05) is 10.7 Å². The van der Waals surface area contributed by atoms with Crippen molar-refractivity contribution in [3.63, 3.8) is 0 Å². The van der Waals surface area contributed by atoms with Crippen LogP contribution in [0.15, 0.2) is 24.3 Å². The molecule has 0 amide bonds. The molecule has 0 aliphatic heterocycles. The van der Waals surface area contributed by atoms with Crippen LogP contribution in [-0.4, -0.2) is 8.42 Å². The van der Waals surface area contributed by atoms with E-state index in [2.05, 4.69) is 4.18 Å². The maximum absolute atomic E-state index is 12.3. The predicted octanol–water partition coefficient (Wildman–Crippen LogP) is 2.71. The van der Waals surface area contributed by atoms with Gasteiger partial charge in [-0.3, -0.25) is 4.18 Å². The molecule has 0 aromatic heterocycles. The molecule has 1 aromatic rings. The molecule has 0 bridgehead atoms. The molecule has 8 heteroatoms. The van der Waals surface area contributed by atoms with E-state index in [0.29, 0.717) is 0 Å². The first-order valence-corrected chi connectivity index (χ1v) is 6.17. The summed E-state index contributed by atoms with van der Waals surface area (Å²) in [6, 6.07) is 4.13. The number of hydrogen-bond acceptors (Lipinski definition) is 3. The lowest BCUT2D eigenvalue weighted by Gasteiger charge is -2.07. The third kappa shape index (κ3) is 4.38. The highest BCUT2D eigenvalue weighted by Gasteiger charge is 2.30. The maximum Gasteiger partial charge on any atom is 0.416 e. The Kier molecular flexibility index (Phi) is 3.82. The van der Waals surface area contributed by atoms with Crippen molar-refractivity contribution in [1.82, 2.24) is 0 Å². The summed E-state index contributed by atoms with van der Waals surface area (Å²) in [5, 5.41) is 0. The van der Waals surface area contributed by atoms with Gasteiger partial charge in [0.25, 0.3) is 0 Å². The molecule has 0 radical (unpaired) electrons. The van der Waals surface area contributed by atoms with Crippen molar-refractivity contribution in [2.75, 3.05) is 0 Å². The molecule has 16 heavy (non-hydrogen) atoms. The second-order valence-corrected chi connectivity index (χ2v) is 5.01. The Labute approximate surface area is 94.4 Å². The summed E-state index contributed by atoms with van der Waals surface area (Å²) in [6.07, 6.45) is -4.48. The predicted molar refractivity (Wildman–Crippen MR) is 51.0 cm³/mol. The molecule has 0 saturated carbocycles. The summed E-state index contributed by atoms with van der Waals surface area (Å²) < 4.78 is 61.7. The molecule has 0 atom stereocenters. The Hall–Kier alpha value is -0.790. The van der Waals surface area contributed by atoms with Crippen molar-refractivity contribution in [3.8, 4) is 0 Å². The molecule has 0 unspecified atom stereocenters. The van der Waals surface area contributed by atoms with Crippen molar-refractivity contribution < 1.29 is 25.8 Å². The minimum atomic E-state index is -4.48. The zero-order chi connectivity index (χ0) is 12.4. The molecule has 0 aliphatic carbocycles. The molecular weight excluding hydrogens is 269 g/mol. The standard InChI is InChI=1S/C8H6ClF3O3S/c9-16(13,14)15-5-6-2-1-3-7(4-6)8(10,11)12/h1-4H,5H2. The summed E-state index contributed by atoms with van der Waals surface area (Å²) in [5.74, 6) is 0. The Bertz CT molecular complexity index is 470. The monoisotopic (exact) mass is 274 g/mol. The zero-order valence-electron chi connectivity index (χ0n) is 7.66. The molecule has 90 valence electrons. The van der Waals surface area contributed by atoms with Gasteiger partial charge in [0.2, 0.25) is 0 Å². The molecule has 0 fully saturated rings. The molecule has 1 rings (SSSR count). The fourth-order valence-corrected chi connectivity index (χ4v) is 1.39. The lowest BCUT2D eigenvalue weighted by atomic mass is 10.1. The number of hydrogen-bond donors (Lipinski definition) is 0. The lowest BCUT2D eigenvalue weighted by Crippen LogP contribution is -2.06. The van der Waals surface area contributed by atoms with Gasteiger partial charge in [0.1, 0.15) is 0 Å². The van der Waals surface area contributed by atoms with Gasteiger partial charge in [-0.1, -0.05) is 12.1 Å². The summed E-state index contributed by atoms with van der Waals surface area (Å²) in [4.78, 5) is 0. The summed E-state index contributed by atoms with van der Waals surface area (Å²) in [7, 11) is 0.561. The SMILES string of the molecule is O=S(=O)(Cl)OCc1cccc(C(F)(F)F)c1. The number of halogens is 4. The number of rotatable bonds is 3. The van der Waals surface area contributed by atoms with Crippen LogP contribution in [0.25, 0.3) is 0 Å². The first-order chi connectivity index (χ1) is 7.18. The van der Waals surface area contributed by atoms with E-state index >= 15 is 0 Å². The normalized spacial score (nSPS) is 12.8. The Morgan fingerprint density at radius 1 is 1.31 bits per heavy atom. The summed E-state index contributed by atoms with van der Waals surface area (Å²) >= 11 is 0. The van der Waals surface area contributed by atoms with Crippen molar-refractivity contribution in [2.24, 2.45) is 0 Å². The van der Waals surface area contributed by atoms with Crippen molar-refractivity contribution >= 4 is 20.0 Å². The van der Waals surface area contributed by atoms with Crippen LogP contribution in [-0.2, 0) is 26.3 Å². The van der Waals surface area contributed by atoms with E-state index < -0.39 is 27.7 Å². The maximum atomic E-state index is 12.3. The molecule has 0 aliphatic rings. The Morgan fingerprint density at radius 2 is 1.94 bits per heavy atom. The van der Waals surface area contributed by atoms with E-state index in [1.54, 1.807) is 0 Å². The van der Waals surface area contributed by atoms with Crippen LogP contribution in [0, 0.1) is 0 Å². The van der Waals surface area contributed by atoms with Gasteiger partial charge < -0.3 is 0 Å².